The van der Waals surface area contributed by atoms with Gasteiger partial charge < -0.3 is 15.3 Å². The molecule has 2 N–H and O–H groups in total. The van der Waals surface area contributed by atoms with E-state index in [1.807, 2.05) is 0 Å². The highest BCUT2D eigenvalue weighted by Gasteiger charge is 2.19. The summed E-state index contributed by atoms with van der Waals surface area (Å²) < 4.78 is 0. The van der Waals surface area contributed by atoms with Gasteiger partial charge in [0, 0.05) is 18.7 Å². The number of aryl methyl sites for hydroxylation is 1. The normalized spacial score (nSPS) is 17.9. The van der Waals surface area contributed by atoms with Crippen LogP contribution in [0.2, 0.25) is 0 Å². The molecule has 2 aromatic rings. The first-order chi connectivity index (χ1) is 13.2. The van der Waals surface area contributed by atoms with Crippen molar-refractivity contribution < 1.29 is 9.90 Å². The number of rotatable bonds is 8. The first kappa shape index (κ1) is 19.0. The van der Waals surface area contributed by atoms with E-state index in [2.05, 4.69) is 50.5 Å². The van der Waals surface area contributed by atoms with E-state index in [0.29, 0.717) is 11.7 Å². The number of nitrogens with one attached hydrogen (secondary N) is 1. The molecule has 1 aromatic carbocycles. The third-order valence-electron chi connectivity index (χ3n) is 4.71. The Balaban J connectivity index is 1.44. The third kappa shape index (κ3) is 6.49. The fraction of sp³-hybridized carbons (Fsp3) is 0.381. The Hall–Kier alpha value is -2.73. The van der Waals surface area contributed by atoms with E-state index in [0.717, 1.165) is 44.4 Å². The van der Waals surface area contributed by atoms with Crippen LogP contribution in [0.15, 0.2) is 48.8 Å². The summed E-state index contributed by atoms with van der Waals surface area (Å²) in [5.41, 5.74) is 1.94. The fourth-order valence-electron chi connectivity index (χ4n) is 3.39. The molecule has 0 spiro atoms. The van der Waals surface area contributed by atoms with E-state index >= 15 is 0 Å². The predicted octanol–water partition coefficient (Wildman–Crippen LogP) is 3.08. The first-order valence-corrected chi connectivity index (χ1v) is 9.45. The van der Waals surface area contributed by atoms with Crippen molar-refractivity contribution in [3.63, 3.8) is 0 Å². The number of carboxylic acid groups (broad SMARTS) is 1. The summed E-state index contributed by atoms with van der Waals surface area (Å²) in [5, 5.41) is 12.1. The lowest BCUT2D eigenvalue weighted by molar-refractivity contribution is -0.131. The van der Waals surface area contributed by atoms with Gasteiger partial charge in [0.15, 0.2) is 0 Å². The second-order valence-corrected chi connectivity index (χ2v) is 6.87. The molecule has 3 rings (SSSR count). The molecule has 1 aliphatic heterocycles. The topological polar surface area (TPSA) is 78.3 Å². The second kappa shape index (κ2) is 9.83. The van der Waals surface area contributed by atoms with Crippen molar-refractivity contribution in [1.29, 1.82) is 0 Å². The SMILES string of the molecule is O=C(O)C=Cc1cnc(N[C@@H]2CCCN(CCCc3ccccc3)C2)cn1. The molecule has 27 heavy (non-hydrogen) atoms. The highest BCUT2D eigenvalue weighted by Crippen LogP contribution is 2.15. The Morgan fingerprint density at radius 1 is 1.26 bits per heavy atom. The minimum atomic E-state index is -0.992. The van der Waals surface area contributed by atoms with Crippen LogP contribution in [-0.4, -0.2) is 51.6 Å². The van der Waals surface area contributed by atoms with Gasteiger partial charge in [-0.15, -0.1) is 0 Å². The zero-order chi connectivity index (χ0) is 18.9. The van der Waals surface area contributed by atoms with Crippen molar-refractivity contribution in [2.45, 2.75) is 31.7 Å². The number of aliphatic carboxylic acids is 1. The van der Waals surface area contributed by atoms with Gasteiger partial charge >= 0.3 is 5.97 Å². The predicted molar refractivity (Wildman–Crippen MR) is 107 cm³/mol. The van der Waals surface area contributed by atoms with Crippen LogP contribution < -0.4 is 5.32 Å². The van der Waals surface area contributed by atoms with Gasteiger partial charge in [-0.2, -0.15) is 0 Å². The number of carboxylic acids is 1. The summed E-state index contributed by atoms with van der Waals surface area (Å²) in [5.74, 6) is -0.257. The number of hydrogen-bond donors (Lipinski definition) is 2. The van der Waals surface area contributed by atoms with Gasteiger partial charge in [-0.05, 0) is 50.4 Å². The van der Waals surface area contributed by atoms with Gasteiger partial charge in [-0.1, -0.05) is 30.3 Å². The Labute approximate surface area is 160 Å². The summed E-state index contributed by atoms with van der Waals surface area (Å²) in [7, 11) is 0. The summed E-state index contributed by atoms with van der Waals surface area (Å²) in [4.78, 5) is 21.6. The van der Waals surface area contributed by atoms with Gasteiger partial charge in [0.1, 0.15) is 5.82 Å². The molecule has 1 saturated heterocycles. The molecule has 6 heteroatoms. The van der Waals surface area contributed by atoms with Crippen LogP contribution in [0.4, 0.5) is 5.82 Å². The lowest BCUT2D eigenvalue weighted by Gasteiger charge is -2.33. The maximum absolute atomic E-state index is 10.5. The van der Waals surface area contributed by atoms with Crippen LogP contribution in [0, 0.1) is 0 Å². The fourth-order valence-corrected chi connectivity index (χ4v) is 3.39. The van der Waals surface area contributed by atoms with Gasteiger partial charge in [0.25, 0.3) is 0 Å². The van der Waals surface area contributed by atoms with Crippen molar-refractivity contribution in [2.75, 3.05) is 25.0 Å². The second-order valence-electron chi connectivity index (χ2n) is 6.87. The molecule has 1 aliphatic rings. The van der Waals surface area contributed by atoms with Gasteiger partial charge in [0.2, 0.25) is 0 Å². The molecule has 0 radical (unpaired) electrons. The minimum absolute atomic E-state index is 0.366. The van der Waals surface area contributed by atoms with Crippen molar-refractivity contribution in [2.24, 2.45) is 0 Å². The highest BCUT2D eigenvalue weighted by molar-refractivity contribution is 5.84. The Morgan fingerprint density at radius 3 is 2.85 bits per heavy atom. The number of benzene rings is 1. The Kier molecular flexibility index (Phi) is 6.93. The van der Waals surface area contributed by atoms with Crippen LogP contribution >= 0.6 is 0 Å². The quantitative estimate of drug-likeness (QED) is 0.699. The van der Waals surface area contributed by atoms with E-state index in [-0.39, 0.29) is 0 Å². The summed E-state index contributed by atoms with van der Waals surface area (Å²) in [6.45, 7) is 3.27. The standard InChI is InChI=1S/C21H26N4O2/c26-21(27)11-10-18-14-23-20(15-22-18)24-19-9-5-13-25(16-19)12-4-8-17-6-2-1-3-7-17/h1-3,6-7,10-11,14-15,19H,4-5,8-9,12-13,16H2,(H,23,24)(H,26,27)/t19-/m1/s1. The van der Waals surface area contributed by atoms with Crippen LogP contribution in [0.5, 0.6) is 0 Å². The van der Waals surface area contributed by atoms with E-state index < -0.39 is 5.97 Å². The molecular weight excluding hydrogens is 340 g/mol. The van der Waals surface area contributed by atoms with Crippen LogP contribution in [0.3, 0.4) is 0 Å². The zero-order valence-corrected chi connectivity index (χ0v) is 15.4. The van der Waals surface area contributed by atoms with Crippen LogP contribution in [0.1, 0.15) is 30.5 Å². The van der Waals surface area contributed by atoms with E-state index in [1.165, 1.54) is 24.5 Å². The van der Waals surface area contributed by atoms with Crippen LogP contribution in [0.25, 0.3) is 6.08 Å². The molecule has 1 atom stereocenters. The number of hydrogen-bond acceptors (Lipinski definition) is 5. The lowest BCUT2D eigenvalue weighted by Crippen LogP contribution is -2.42. The molecule has 0 aliphatic carbocycles. The van der Waals surface area contributed by atoms with Crippen molar-refractivity contribution in [1.82, 2.24) is 14.9 Å². The summed E-state index contributed by atoms with van der Waals surface area (Å²) in [6.07, 6.45) is 10.3. The largest absolute Gasteiger partial charge is 0.478 e. The number of anilines is 1. The van der Waals surface area contributed by atoms with Gasteiger partial charge in [-0.3, -0.25) is 4.98 Å². The molecule has 1 aromatic heterocycles. The maximum atomic E-state index is 10.5. The molecule has 2 heterocycles. The van der Waals surface area contributed by atoms with Gasteiger partial charge in [0.05, 0.1) is 18.1 Å². The molecule has 6 nitrogen and oxygen atoms in total. The number of likely N-dealkylation sites (tertiary alicyclic amines) is 1. The minimum Gasteiger partial charge on any atom is -0.478 e. The summed E-state index contributed by atoms with van der Waals surface area (Å²) in [6, 6.07) is 11.0. The van der Waals surface area contributed by atoms with Crippen molar-refractivity contribution >= 4 is 17.9 Å². The lowest BCUT2D eigenvalue weighted by atomic mass is 10.0. The van der Waals surface area contributed by atoms with E-state index in [4.69, 9.17) is 5.11 Å². The van der Waals surface area contributed by atoms with Crippen LogP contribution in [-0.2, 0) is 11.2 Å². The molecule has 0 amide bonds. The van der Waals surface area contributed by atoms with Gasteiger partial charge in [-0.25, -0.2) is 9.78 Å². The van der Waals surface area contributed by atoms with Crippen molar-refractivity contribution in [3.05, 3.63) is 60.1 Å². The first-order valence-electron chi connectivity index (χ1n) is 9.45. The summed E-state index contributed by atoms with van der Waals surface area (Å²) >= 11 is 0. The van der Waals surface area contributed by atoms with E-state index in [9.17, 15) is 4.79 Å². The highest BCUT2D eigenvalue weighted by atomic mass is 16.4. The number of aromatic nitrogens is 2. The van der Waals surface area contributed by atoms with E-state index in [1.54, 1.807) is 12.4 Å². The third-order valence-corrected chi connectivity index (χ3v) is 4.71. The Morgan fingerprint density at radius 2 is 2.11 bits per heavy atom. The molecule has 0 saturated carbocycles. The average molecular weight is 366 g/mol. The average Bonchev–Trinajstić information content (AvgIpc) is 2.69. The zero-order valence-electron chi connectivity index (χ0n) is 15.4. The molecular formula is C21H26N4O2. The smallest absolute Gasteiger partial charge is 0.328 e. The number of carbonyl (C=O) groups is 1. The van der Waals surface area contributed by atoms with Crippen molar-refractivity contribution in [3.8, 4) is 0 Å². The number of nitrogens with zero attached hydrogens (tertiary/aromatic N) is 3. The maximum Gasteiger partial charge on any atom is 0.328 e. The molecule has 0 bridgehead atoms. The molecule has 0 unspecified atom stereocenters. The molecule has 1 fully saturated rings. The Bertz CT molecular complexity index is 747. The monoisotopic (exact) mass is 366 g/mol. The molecule has 142 valence electrons. The number of piperidine rings is 1.